The first kappa shape index (κ1) is 13.5. The number of nitrogens with two attached hydrogens (primary N) is 1. The van der Waals surface area contributed by atoms with Crippen molar-refractivity contribution < 1.29 is 4.74 Å². The molecule has 106 valence electrons. The van der Waals surface area contributed by atoms with Crippen molar-refractivity contribution in [3.8, 4) is 5.75 Å². The van der Waals surface area contributed by atoms with Crippen molar-refractivity contribution in [2.75, 3.05) is 6.61 Å². The molecule has 21 heavy (non-hydrogen) atoms. The lowest BCUT2D eigenvalue weighted by Crippen LogP contribution is -2.14. The van der Waals surface area contributed by atoms with E-state index in [-0.39, 0.29) is 6.04 Å². The van der Waals surface area contributed by atoms with Crippen LogP contribution in [0.2, 0.25) is 0 Å². The van der Waals surface area contributed by atoms with E-state index in [1.807, 2.05) is 55.5 Å². The Bertz CT molecular complexity index is 740. The number of fused-ring (bicyclic) bond motifs is 1. The summed E-state index contributed by atoms with van der Waals surface area (Å²) in [7, 11) is 0. The summed E-state index contributed by atoms with van der Waals surface area (Å²) in [6.07, 6.45) is 1.74. The van der Waals surface area contributed by atoms with Gasteiger partial charge in [-0.15, -0.1) is 0 Å². The zero-order valence-corrected chi connectivity index (χ0v) is 11.9. The van der Waals surface area contributed by atoms with Crippen LogP contribution in [-0.2, 0) is 0 Å². The summed E-state index contributed by atoms with van der Waals surface area (Å²) < 4.78 is 5.44. The van der Waals surface area contributed by atoms with Gasteiger partial charge in [0.05, 0.1) is 35.6 Å². The number of para-hydroxylation sites is 2. The number of benzene rings is 2. The lowest BCUT2D eigenvalue weighted by molar-refractivity contribution is 0.340. The van der Waals surface area contributed by atoms with E-state index in [9.17, 15) is 0 Å². The van der Waals surface area contributed by atoms with Crippen LogP contribution in [0.25, 0.3) is 11.0 Å². The third-order valence-electron chi connectivity index (χ3n) is 3.34. The monoisotopic (exact) mass is 279 g/mol. The van der Waals surface area contributed by atoms with Crippen molar-refractivity contribution in [2.24, 2.45) is 5.73 Å². The summed E-state index contributed by atoms with van der Waals surface area (Å²) in [6.45, 7) is 2.62. The van der Waals surface area contributed by atoms with E-state index in [0.29, 0.717) is 6.61 Å². The molecule has 0 fully saturated rings. The molecule has 3 rings (SSSR count). The fourth-order valence-electron chi connectivity index (χ4n) is 2.23. The molecule has 2 aromatic carbocycles. The van der Waals surface area contributed by atoms with Gasteiger partial charge in [-0.25, -0.2) is 4.98 Å². The highest BCUT2D eigenvalue weighted by atomic mass is 16.5. The molecule has 0 spiro atoms. The molecular formula is C17H17N3O. The number of aromatic nitrogens is 2. The third-order valence-corrected chi connectivity index (χ3v) is 3.34. The molecule has 1 unspecified atom stereocenters. The van der Waals surface area contributed by atoms with Crippen molar-refractivity contribution in [2.45, 2.75) is 13.0 Å². The van der Waals surface area contributed by atoms with Crippen LogP contribution >= 0.6 is 0 Å². The molecule has 0 aliphatic rings. The molecule has 1 aromatic heterocycles. The molecule has 4 heteroatoms. The van der Waals surface area contributed by atoms with Crippen molar-refractivity contribution in [3.05, 3.63) is 66.0 Å². The summed E-state index contributed by atoms with van der Waals surface area (Å²) in [5.74, 6) is 0.845. The van der Waals surface area contributed by atoms with Gasteiger partial charge >= 0.3 is 0 Å². The highest BCUT2D eigenvalue weighted by molar-refractivity contribution is 5.73. The molecule has 1 heterocycles. The molecule has 0 bridgehead atoms. The molecule has 0 aliphatic heterocycles. The van der Waals surface area contributed by atoms with Crippen LogP contribution in [0, 0.1) is 0 Å². The van der Waals surface area contributed by atoms with Gasteiger partial charge in [-0.05, 0) is 36.8 Å². The number of ether oxygens (including phenoxy) is 1. The average Bonchev–Trinajstić information content (AvgIpc) is 2.55. The number of hydrogen-bond acceptors (Lipinski definition) is 4. The summed E-state index contributed by atoms with van der Waals surface area (Å²) >= 11 is 0. The second-order valence-corrected chi connectivity index (χ2v) is 4.76. The first-order valence-corrected chi connectivity index (χ1v) is 6.98. The van der Waals surface area contributed by atoms with Gasteiger partial charge < -0.3 is 10.5 Å². The Morgan fingerprint density at radius 3 is 2.48 bits per heavy atom. The number of nitrogens with zero attached hydrogens (tertiary/aromatic N) is 2. The quantitative estimate of drug-likeness (QED) is 0.797. The Labute approximate surface area is 123 Å². The van der Waals surface area contributed by atoms with Crippen LogP contribution in [0.4, 0.5) is 0 Å². The molecule has 0 saturated carbocycles. The van der Waals surface area contributed by atoms with E-state index in [1.54, 1.807) is 6.20 Å². The SMILES string of the molecule is CCOc1ccc(C(N)c2cnc3ccccc3n2)cc1. The average molecular weight is 279 g/mol. The van der Waals surface area contributed by atoms with Gasteiger partial charge in [-0.1, -0.05) is 24.3 Å². The van der Waals surface area contributed by atoms with Crippen molar-refractivity contribution in [1.29, 1.82) is 0 Å². The highest BCUT2D eigenvalue weighted by Gasteiger charge is 2.11. The Morgan fingerprint density at radius 2 is 1.76 bits per heavy atom. The predicted octanol–water partition coefficient (Wildman–Crippen LogP) is 3.08. The van der Waals surface area contributed by atoms with Gasteiger partial charge in [-0.2, -0.15) is 0 Å². The Morgan fingerprint density at radius 1 is 1.05 bits per heavy atom. The Balaban J connectivity index is 1.90. The predicted molar refractivity (Wildman–Crippen MR) is 83.2 cm³/mol. The maximum absolute atomic E-state index is 6.29. The third kappa shape index (κ3) is 2.85. The minimum atomic E-state index is -0.294. The van der Waals surface area contributed by atoms with E-state index < -0.39 is 0 Å². The van der Waals surface area contributed by atoms with E-state index in [4.69, 9.17) is 10.5 Å². The fraction of sp³-hybridized carbons (Fsp3) is 0.176. The lowest BCUT2D eigenvalue weighted by atomic mass is 10.0. The zero-order chi connectivity index (χ0) is 14.7. The summed E-state index contributed by atoms with van der Waals surface area (Å²) in [5.41, 5.74) is 9.77. The van der Waals surface area contributed by atoms with E-state index in [0.717, 1.165) is 28.0 Å². The minimum absolute atomic E-state index is 0.294. The zero-order valence-electron chi connectivity index (χ0n) is 11.9. The van der Waals surface area contributed by atoms with E-state index in [2.05, 4.69) is 9.97 Å². The molecule has 3 aromatic rings. The van der Waals surface area contributed by atoms with Crippen molar-refractivity contribution >= 4 is 11.0 Å². The van der Waals surface area contributed by atoms with Gasteiger partial charge in [0, 0.05) is 0 Å². The van der Waals surface area contributed by atoms with Gasteiger partial charge in [-0.3, -0.25) is 4.98 Å². The molecule has 0 saturated heterocycles. The Hall–Kier alpha value is -2.46. The topological polar surface area (TPSA) is 61.0 Å². The first-order valence-electron chi connectivity index (χ1n) is 6.98. The van der Waals surface area contributed by atoms with E-state index >= 15 is 0 Å². The molecule has 0 radical (unpaired) electrons. The maximum Gasteiger partial charge on any atom is 0.119 e. The molecular weight excluding hydrogens is 262 g/mol. The summed E-state index contributed by atoms with van der Waals surface area (Å²) in [4.78, 5) is 9.00. The second kappa shape index (κ2) is 5.89. The van der Waals surface area contributed by atoms with E-state index in [1.165, 1.54) is 0 Å². The van der Waals surface area contributed by atoms with Crippen LogP contribution in [0.1, 0.15) is 24.2 Å². The van der Waals surface area contributed by atoms with Gasteiger partial charge in [0.2, 0.25) is 0 Å². The highest BCUT2D eigenvalue weighted by Crippen LogP contribution is 2.21. The standard InChI is InChI=1S/C17H17N3O/c1-2-21-13-9-7-12(8-10-13)17(18)16-11-19-14-5-3-4-6-15(14)20-16/h3-11,17H,2,18H2,1H3. The van der Waals surface area contributed by atoms with Crippen LogP contribution in [-0.4, -0.2) is 16.6 Å². The normalized spacial score (nSPS) is 12.3. The molecule has 1 atom stereocenters. The van der Waals surface area contributed by atoms with Crippen LogP contribution in [0.15, 0.2) is 54.7 Å². The molecule has 0 aliphatic carbocycles. The Kier molecular flexibility index (Phi) is 3.79. The van der Waals surface area contributed by atoms with Gasteiger partial charge in [0.25, 0.3) is 0 Å². The van der Waals surface area contributed by atoms with Crippen LogP contribution in [0.5, 0.6) is 5.75 Å². The summed E-state index contributed by atoms with van der Waals surface area (Å²) in [5, 5.41) is 0. The van der Waals surface area contributed by atoms with Gasteiger partial charge in [0.15, 0.2) is 0 Å². The fourth-order valence-corrected chi connectivity index (χ4v) is 2.23. The van der Waals surface area contributed by atoms with Crippen LogP contribution in [0.3, 0.4) is 0 Å². The first-order chi connectivity index (χ1) is 10.3. The van der Waals surface area contributed by atoms with Crippen molar-refractivity contribution in [3.63, 3.8) is 0 Å². The van der Waals surface area contributed by atoms with Crippen LogP contribution < -0.4 is 10.5 Å². The van der Waals surface area contributed by atoms with Crippen molar-refractivity contribution in [1.82, 2.24) is 9.97 Å². The second-order valence-electron chi connectivity index (χ2n) is 4.76. The molecule has 0 amide bonds. The minimum Gasteiger partial charge on any atom is -0.494 e. The number of hydrogen-bond donors (Lipinski definition) is 1. The molecule has 4 nitrogen and oxygen atoms in total. The van der Waals surface area contributed by atoms with Gasteiger partial charge in [0.1, 0.15) is 5.75 Å². The largest absolute Gasteiger partial charge is 0.494 e. The lowest BCUT2D eigenvalue weighted by Gasteiger charge is -2.12. The maximum atomic E-state index is 6.29. The molecule has 2 N–H and O–H groups in total. The summed E-state index contributed by atoms with van der Waals surface area (Å²) in [6, 6.07) is 15.3. The number of rotatable bonds is 4. The smallest absolute Gasteiger partial charge is 0.119 e.